The molecule has 0 saturated heterocycles. The lowest BCUT2D eigenvalue weighted by atomic mass is 10.00. The number of hydrogen-bond donors (Lipinski definition) is 1. The Morgan fingerprint density at radius 1 is 1.27 bits per heavy atom. The fraction of sp³-hybridized carbons (Fsp3) is 0.353. The van der Waals surface area contributed by atoms with Gasteiger partial charge in [-0.05, 0) is 24.0 Å². The fourth-order valence-corrected chi connectivity index (χ4v) is 3.73. The lowest BCUT2D eigenvalue weighted by Gasteiger charge is -2.23. The van der Waals surface area contributed by atoms with Gasteiger partial charge in [0.15, 0.2) is 5.69 Å². The molecule has 0 radical (unpaired) electrons. The molecule has 0 aliphatic carbocycles. The van der Waals surface area contributed by atoms with Crippen LogP contribution in [0.1, 0.15) is 23.5 Å². The minimum absolute atomic E-state index is 0.0855. The smallest absolute Gasteiger partial charge is 0.334 e. The summed E-state index contributed by atoms with van der Waals surface area (Å²) in [7, 11) is -3.61. The van der Waals surface area contributed by atoms with Crippen molar-refractivity contribution in [1.29, 1.82) is 0 Å². The molecule has 1 atom stereocenters. The number of rotatable bonds is 5. The van der Waals surface area contributed by atoms with Gasteiger partial charge in [0.1, 0.15) is 5.82 Å². The minimum atomic E-state index is -4.47. The molecule has 9 heteroatoms. The Kier molecular flexibility index (Phi) is 5.19. The van der Waals surface area contributed by atoms with Gasteiger partial charge in [-0.2, -0.15) is 13.2 Å². The summed E-state index contributed by atoms with van der Waals surface area (Å²) in [4.78, 5) is 3.62. The Bertz CT molecular complexity index is 890. The van der Waals surface area contributed by atoms with Crippen molar-refractivity contribution in [3.05, 3.63) is 59.0 Å². The van der Waals surface area contributed by atoms with Gasteiger partial charge in [0.05, 0.1) is 0 Å². The molecular weight excluding hydrogens is 367 g/mol. The van der Waals surface area contributed by atoms with Gasteiger partial charge >= 0.3 is 6.18 Å². The van der Waals surface area contributed by atoms with E-state index in [0.29, 0.717) is 25.2 Å². The molecule has 1 unspecified atom stereocenters. The number of sulfonamides is 1. The molecule has 2 aromatic rings. The molecule has 1 aromatic heterocycles. The molecular formula is C17H18F3N3O2S. The Labute approximate surface area is 149 Å². The maximum atomic E-state index is 12.7. The average Bonchev–Trinajstić information content (AvgIpc) is 3.03. The minimum Gasteiger partial charge on any atom is -0.334 e. The van der Waals surface area contributed by atoms with Crippen molar-refractivity contribution in [2.45, 2.75) is 25.6 Å². The molecule has 0 spiro atoms. The number of alkyl halides is 3. The molecule has 26 heavy (non-hydrogen) atoms. The van der Waals surface area contributed by atoms with Crippen molar-refractivity contribution < 1.29 is 21.6 Å². The van der Waals surface area contributed by atoms with E-state index in [0.717, 1.165) is 17.2 Å². The van der Waals surface area contributed by atoms with Crippen molar-refractivity contribution in [3.63, 3.8) is 0 Å². The van der Waals surface area contributed by atoms with Crippen LogP contribution in [0.3, 0.4) is 0 Å². The number of imidazole rings is 1. The van der Waals surface area contributed by atoms with E-state index in [1.54, 1.807) is 24.3 Å². The summed E-state index contributed by atoms with van der Waals surface area (Å²) in [6.45, 7) is 0.476. The number of aryl methyl sites for hydroxylation is 1. The van der Waals surface area contributed by atoms with E-state index in [-0.39, 0.29) is 12.5 Å². The van der Waals surface area contributed by atoms with Crippen LogP contribution in [-0.4, -0.2) is 24.5 Å². The van der Waals surface area contributed by atoms with Crippen LogP contribution in [0, 0.1) is 5.92 Å². The van der Waals surface area contributed by atoms with Gasteiger partial charge in [-0.1, -0.05) is 30.3 Å². The first-order valence-electron chi connectivity index (χ1n) is 8.09. The zero-order valence-electron chi connectivity index (χ0n) is 13.8. The fourth-order valence-electron chi connectivity index (χ4n) is 2.83. The molecule has 2 heterocycles. The number of halogens is 3. The maximum absolute atomic E-state index is 12.7. The summed E-state index contributed by atoms with van der Waals surface area (Å²) in [6.07, 6.45) is -1.01. The second-order valence-electron chi connectivity index (χ2n) is 6.20. The molecule has 1 N–H and O–H groups in total. The zero-order valence-corrected chi connectivity index (χ0v) is 14.6. The topological polar surface area (TPSA) is 64.0 Å². The molecule has 0 saturated carbocycles. The third-order valence-electron chi connectivity index (χ3n) is 4.19. The molecule has 0 amide bonds. The maximum Gasteiger partial charge on any atom is 0.434 e. The molecule has 0 fully saturated rings. The second kappa shape index (κ2) is 7.24. The third kappa shape index (κ3) is 4.73. The van der Waals surface area contributed by atoms with Crippen LogP contribution in [0.2, 0.25) is 0 Å². The number of benzene rings is 1. The van der Waals surface area contributed by atoms with E-state index in [2.05, 4.69) is 9.71 Å². The van der Waals surface area contributed by atoms with Crippen molar-refractivity contribution in [2.75, 3.05) is 6.54 Å². The van der Waals surface area contributed by atoms with Crippen LogP contribution in [0.15, 0.2) is 41.9 Å². The number of nitrogens with one attached hydrogen (secondary N) is 1. The first-order valence-corrected chi connectivity index (χ1v) is 9.63. The highest BCUT2D eigenvalue weighted by molar-refractivity contribution is 7.92. The van der Waals surface area contributed by atoms with Gasteiger partial charge in [-0.15, -0.1) is 0 Å². The molecule has 0 bridgehead atoms. The first-order chi connectivity index (χ1) is 12.2. The number of nitrogens with zero attached hydrogens (tertiary/aromatic N) is 2. The van der Waals surface area contributed by atoms with Gasteiger partial charge in [0.25, 0.3) is 0 Å². The second-order valence-corrected chi connectivity index (χ2v) is 7.85. The highest BCUT2D eigenvalue weighted by Crippen LogP contribution is 2.30. The Balaban J connectivity index is 1.59. The molecule has 5 nitrogen and oxygen atoms in total. The largest absolute Gasteiger partial charge is 0.434 e. The Morgan fingerprint density at radius 2 is 2.00 bits per heavy atom. The highest BCUT2D eigenvalue weighted by Gasteiger charge is 2.35. The Morgan fingerprint density at radius 3 is 2.69 bits per heavy atom. The number of fused-ring (bicyclic) bond motifs is 1. The van der Waals surface area contributed by atoms with Crippen LogP contribution in [0.5, 0.6) is 0 Å². The predicted molar refractivity (Wildman–Crippen MR) is 91.4 cm³/mol. The van der Waals surface area contributed by atoms with Crippen LogP contribution < -0.4 is 4.72 Å². The Hall–Kier alpha value is -2.13. The first kappa shape index (κ1) is 18.7. The van der Waals surface area contributed by atoms with Crippen LogP contribution in [0.25, 0.3) is 6.08 Å². The van der Waals surface area contributed by atoms with E-state index in [9.17, 15) is 21.6 Å². The van der Waals surface area contributed by atoms with Crippen molar-refractivity contribution >= 4 is 16.1 Å². The van der Waals surface area contributed by atoms with E-state index in [1.807, 2.05) is 6.07 Å². The summed E-state index contributed by atoms with van der Waals surface area (Å²) < 4.78 is 66.3. The van der Waals surface area contributed by atoms with E-state index >= 15 is 0 Å². The summed E-state index contributed by atoms with van der Waals surface area (Å²) in [5, 5.41) is 1.09. The lowest BCUT2D eigenvalue weighted by Crippen LogP contribution is -2.32. The SMILES string of the molecule is O=S(=O)(/C=C/c1ccccc1)NCC1CCc2nc(C(F)(F)F)cn2C1. The standard InChI is InChI=1S/C17H18F3N3O2S/c18-17(19,20)15-12-23-11-14(6-7-16(23)22-15)10-21-26(24,25)9-8-13-4-2-1-3-5-13/h1-5,8-9,12,14,21H,6-7,10-11H2/b9-8+. The summed E-state index contributed by atoms with van der Waals surface area (Å²) in [6, 6.07) is 9.01. The average molecular weight is 385 g/mol. The molecule has 1 aliphatic rings. The zero-order chi connectivity index (χ0) is 18.8. The van der Waals surface area contributed by atoms with Gasteiger partial charge in [-0.25, -0.2) is 18.1 Å². The summed E-state index contributed by atoms with van der Waals surface area (Å²) >= 11 is 0. The highest BCUT2D eigenvalue weighted by atomic mass is 32.2. The quantitative estimate of drug-likeness (QED) is 0.860. The summed E-state index contributed by atoms with van der Waals surface area (Å²) in [5.74, 6) is 0.304. The van der Waals surface area contributed by atoms with Crippen LogP contribution >= 0.6 is 0 Å². The number of aromatic nitrogens is 2. The molecule has 1 aromatic carbocycles. The molecule has 140 valence electrons. The van der Waals surface area contributed by atoms with Crippen LogP contribution in [-0.2, 0) is 29.2 Å². The summed E-state index contributed by atoms with van der Waals surface area (Å²) in [5.41, 5.74) is -0.141. The monoisotopic (exact) mass is 385 g/mol. The van der Waals surface area contributed by atoms with Crippen molar-refractivity contribution in [1.82, 2.24) is 14.3 Å². The van der Waals surface area contributed by atoms with E-state index < -0.39 is 21.9 Å². The lowest BCUT2D eigenvalue weighted by molar-refractivity contribution is -0.141. The van der Waals surface area contributed by atoms with Crippen molar-refractivity contribution in [2.24, 2.45) is 5.92 Å². The number of hydrogen-bond acceptors (Lipinski definition) is 3. The van der Waals surface area contributed by atoms with Crippen LogP contribution in [0.4, 0.5) is 13.2 Å². The van der Waals surface area contributed by atoms with Gasteiger partial charge in [0.2, 0.25) is 10.0 Å². The van der Waals surface area contributed by atoms with Gasteiger partial charge in [0, 0.05) is 31.1 Å². The van der Waals surface area contributed by atoms with Gasteiger partial charge < -0.3 is 4.57 Å². The normalized spacial score (nSPS) is 18.2. The van der Waals surface area contributed by atoms with Crippen molar-refractivity contribution in [3.8, 4) is 0 Å². The predicted octanol–water partition coefficient (Wildman–Crippen LogP) is 3.05. The molecule has 3 rings (SSSR count). The van der Waals surface area contributed by atoms with E-state index in [4.69, 9.17) is 0 Å². The van der Waals surface area contributed by atoms with E-state index in [1.165, 1.54) is 10.6 Å². The molecule has 1 aliphatic heterocycles. The third-order valence-corrected chi connectivity index (χ3v) is 5.26. The van der Waals surface area contributed by atoms with Gasteiger partial charge in [-0.3, -0.25) is 0 Å².